The summed E-state index contributed by atoms with van der Waals surface area (Å²) in [5.74, 6) is 3.73. The molecule has 2 fully saturated rings. The SMILES string of the molecule is CCNC(Cc1ccc(C(C)C)cc1)C1CC2CC2C1. The van der Waals surface area contributed by atoms with Crippen LogP contribution in [0.25, 0.3) is 0 Å². The fourth-order valence-electron chi connectivity index (χ4n) is 4.05. The molecule has 1 heteroatoms. The van der Waals surface area contributed by atoms with Crippen LogP contribution in [0.3, 0.4) is 0 Å². The van der Waals surface area contributed by atoms with Gasteiger partial charge in [-0.05, 0) is 67.0 Å². The molecule has 1 aromatic rings. The van der Waals surface area contributed by atoms with Crippen molar-refractivity contribution in [2.24, 2.45) is 17.8 Å². The van der Waals surface area contributed by atoms with Gasteiger partial charge in [-0.3, -0.25) is 0 Å². The molecule has 0 radical (unpaired) electrons. The van der Waals surface area contributed by atoms with Gasteiger partial charge in [-0.25, -0.2) is 0 Å². The lowest BCUT2D eigenvalue weighted by molar-refractivity contribution is 0.337. The first-order valence-electron chi connectivity index (χ1n) is 8.49. The van der Waals surface area contributed by atoms with Crippen LogP contribution < -0.4 is 5.32 Å². The monoisotopic (exact) mass is 271 g/mol. The van der Waals surface area contributed by atoms with Crippen LogP contribution in [0.15, 0.2) is 24.3 Å². The van der Waals surface area contributed by atoms with E-state index < -0.39 is 0 Å². The van der Waals surface area contributed by atoms with Crippen molar-refractivity contribution >= 4 is 0 Å². The highest BCUT2D eigenvalue weighted by Crippen LogP contribution is 2.55. The van der Waals surface area contributed by atoms with E-state index in [4.69, 9.17) is 0 Å². The molecule has 1 aromatic carbocycles. The molecular weight excluding hydrogens is 242 g/mol. The van der Waals surface area contributed by atoms with Crippen molar-refractivity contribution in [3.63, 3.8) is 0 Å². The van der Waals surface area contributed by atoms with Crippen LogP contribution >= 0.6 is 0 Å². The summed E-state index contributed by atoms with van der Waals surface area (Å²) in [4.78, 5) is 0. The summed E-state index contributed by atoms with van der Waals surface area (Å²) >= 11 is 0. The first kappa shape index (κ1) is 14.1. The summed E-state index contributed by atoms with van der Waals surface area (Å²) in [5, 5.41) is 3.75. The summed E-state index contributed by atoms with van der Waals surface area (Å²) in [7, 11) is 0. The van der Waals surface area contributed by atoms with Gasteiger partial charge in [-0.1, -0.05) is 45.0 Å². The quantitative estimate of drug-likeness (QED) is 0.810. The highest BCUT2D eigenvalue weighted by molar-refractivity contribution is 5.25. The third-order valence-electron chi connectivity index (χ3n) is 5.42. The van der Waals surface area contributed by atoms with E-state index in [-0.39, 0.29) is 0 Å². The van der Waals surface area contributed by atoms with Gasteiger partial charge in [-0.2, -0.15) is 0 Å². The minimum atomic E-state index is 0.635. The van der Waals surface area contributed by atoms with Crippen LogP contribution in [0.5, 0.6) is 0 Å². The molecule has 0 spiro atoms. The maximum absolute atomic E-state index is 3.75. The van der Waals surface area contributed by atoms with E-state index in [1.54, 1.807) is 0 Å². The summed E-state index contributed by atoms with van der Waals surface area (Å²) in [6.07, 6.45) is 5.69. The highest BCUT2D eigenvalue weighted by atomic mass is 14.9. The topological polar surface area (TPSA) is 12.0 Å². The molecule has 2 aliphatic rings. The lowest BCUT2D eigenvalue weighted by atomic mass is 9.89. The van der Waals surface area contributed by atoms with Gasteiger partial charge in [0.15, 0.2) is 0 Å². The maximum Gasteiger partial charge on any atom is 0.0136 e. The number of fused-ring (bicyclic) bond motifs is 1. The summed E-state index contributed by atoms with van der Waals surface area (Å²) in [6, 6.07) is 10.0. The molecule has 0 bridgehead atoms. The Kier molecular flexibility index (Phi) is 4.16. The lowest BCUT2D eigenvalue weighted by Crippen LogP contribution is -2.37. The fourth-order valence-corrected chi connectivity index (χ4v) is 4.05. The van der Waals surface area contributed by atoms with Gasteiger partial charge in [-0.15, -0.1) is 0 Å². The smallest absolute Gasteiger partial charge is 0.0136 e. The van der Waals surface area contributed by atoms with E-state index in [0.29, 0.717) is 12.0 Å². The van der Waals surface area contributed by atoms with Crippen molar-refractivity contribution < 1.29 is 0 Å². The predicted molar refractivity (Wildman–Crippen MR) is 86.0 cm³/mol. The molecule has 20 heavy (non-hydrogen) atoms. The van der Waals surface area contributed by atoms with Crippen molar-refractivity contribution in [3.05, 3.63) is 35.4 Å². The molecule has 0 aromatic heterocycles. The zero-order chi connectivity index (χ0) is 14.1. The van der Waals surface area contributed by atoms with Crippen LogP contribution in [-0.4, -0.2) is 12.6 Å². The van der Waals surface area contributed by atoms with E-state index in [0.717, 1.165) is 24.3 Å². The first-order valence-corrected chi connectivity index (χ1v) is 8.49. The molecule has 3 atom stereocenters. The first-order chi connectivity index (χ1) is 9.67. The Hall–Kier alpha value is -0.820. The van der Waals surface area contributed by atoms with Crippen molar-refractivity contribution in [1.29, 1.82) is 0 Å². The molecule has 1 nitrogen and oxygen atoms in total. The molecule has 1 N–H and O–H groups in total. The molecule has 0 amide bonds. The van der Waals surface area contributed by atoms with Gasteiger partial charge in [0.2, 0.25) is 0 Å². The van der Waals surface area contributed by atoms with E-state index in [1.807, 2.05) is 0 Å². The van der Waals surface area contributed by atoms with Crippen LogP contribution in [0, 0.1) is 17.8 Å². The third kappa shape index (κ3) is 3.09. The molecule has 3 unspecified atom stereocenters. The number of benzene rings is 1. The number of hydrogen-bond acceptors (Lipinski definition) is 1. The van der Waals surface area contributed by atoms with Crippen LogP contribution in [-0.2, 0) is 6.42 Å². The Balaban J connectivity index is 1.63. The van der Waals surface area contributed by atoms with Gasteiger partial charge in [0, 0.05) is 6.04 Å². The average molecular weight is 271 g/mol. The molecule has 0 aliphatic heterocycles. The summed E-state index contributed by atoms with van der Waals surface area (Å²) in [6.45, 7) is 7.87. The van der Waals surface area contributed by atoms with Gasteiger partial charge < -0.3 is 5.32 Å². The molecule has 2 saturated carbocycles. The largest absolute Gasteiger partial charge is 0.314 e. The minimum Gasteiger partial charge on any atom is -0.314 e. The molecule has 110 valence electrons. The summed E-state index contributed by atoms with van der Waals surface area (Å²) in [5.41, 5.74) is 2.96. The van der Waals surface area contributed by atoms with Crippen molar-refractivity contribution in [3.8, 4) is 0 Å². The maximum atomic E-state index is 3.75. The second-order valence-corrected chi connectivity index (χ2v) is 7.25. The van der Waals surface area contributed by atoms with E-state index in [2.05, 4.69) is 50.4 Å². The molecule has 3 rings (SSSR count). The predicted octanol–water partition coefficient (Wildman–Crippen LogP) is 4.38. The van der Waals surface area contributed by atoms with Crippen LogP contribution in [0.2, 0.25) is 0 Å². The number of rotatable bonds is 6. The molecule has 0 saturated heterocycles. The van der Waals surface area contributed by atoms with E-state index in [9.17, 15) is 0 Å². The zero-order valence-corrected chi connectivity index (χ0v) is 13.2. The van der Waals surface area contributed by atoms with E-state index in [1.165, 1.54) is 36.8 Å². The van der Waals surface area contributed by atoms with Gasteiger partial charge in [0.05, 0.1) is 0 Å². The lowest BCUT2D eigenvalue weighted by Gasteiger charge is -2.26. The van der Waals surface area contributed by atoms with Gasteiger partial charge in [0.1, 0.15) is 0 Å². The van der Waals surface area contributed by atoms with Gasteiger partial charge in [0.25, 0.3) is 0 Å². The standard InChI is InChI=1S/C19H29N/c1-4-20-19(18-11-16-10-17(16)12-18)9-14-5-7-15(8-6-14)13(2)3/h5-8,13,16-20H,4,9-12H2,1-3H3. The van der Waals surface area contributed by atoms with E-state index >= 15 is 0 Å². The van der Waals surface area contributed by atoms with Crippen LogP contribution in [0.1, 0.15) is 57.1 Å². The Morgan fingerprint density at radius 1 is 1.05 bits per heavy atom. The third-order valence-corrected chi connectivity index (χ3v) is 5.42. The molecular formula is C19H29N. The second-order valence-electron chi connectivity index (χ2n) is 7.25. The summed E-state index contributed by atoms with van der Waals surface area (Å²) < 4.78 is 0. The fraction of sp³-hybridized carbons (Fsp3) is 0.684. The Morgan fingerprint density at radius 2 is 1.70 bits per heavy atom. The van der Waals surface area contributed by atoms with Gasteiger partial charge >= 0.3 is 0 Å². The number of likely N-dealkylation sites (N-methyl/N-ethyl adjacent to an activating group) is 1. The Labute approximate surface area is 124 Å². The second kappa shape index (κ2) is 5.89. The van der Waals surface area contributed by atoms with Crippen molar-refractivity contribution in [2.45, 2.75) is 58.4 Å². The Bertz CT molecular complexity index is 424. The molecule has 2 aliphatic carbocycles. The molecule has 0 heterocycles. The zero-order valence-electron chi connectivity index (χ0n) is 13.2. The van der Waals surface area contributed by atoms with Crippen molar-refractivity contribution in [1.82, 2.24) is 5.32 Å². The highest BCUT2D eigenvalue weighted by Gasteiger charge is 2.47. The number of nitrogens with one attached hydrogen (secondary N) is 1. The number of hydrogen-bond donors (Lipinski definition) is 1. The van der Waals surface area contributed by atoms with Crippen molar-refractivity contribution in [2.75, 3.05) is 6.54 Å². The normalized spacial score (nSPS) is 29.5. The van der Waals surface area contributed by atoms with Crippen LogP contribution in [0.4, 0.5) is 0 Å². The minimum absolute atomic E-state index is 0.635. The average Bonchev–Trinajstić information content (AvgIpc) is 3.05. The Morgan fingerprint density at radius 3 is 2.25 bits per heavy atom.